The van der Waals surface area contributed by atoms with Gasteiger partial charge in [0, 0.05) is 0 Å². The van der Waals surface area contributed by atoms with Crippen molar-refractivity contribution in [2.45, 2.75) is 13.8 Å². The lowest BCUT2D eigenvalue weighted by Gasteiger charge is -2.08. The predicted octanol–water partition coefficient (Wildman–Crippen LogP) is 3.19. The highest BCUT2D eigenvalue weighted by molar-refractivity contribution is 9.10. The molecule has 0 saturated carbocycles. The van der Waals surface area contributed by atoms with Gasteiger partial charge in [0.1, 0.15) is 0 Å². The number of ether oxygens (including phenoxy) is 1. The lowest BCUT2D eigenvalue weighted by atomic mass is 10.1. The maximum Gasteiger partial charge on any atom is 0.177 e. The summed E-state index contributed by atoms with van der Waals surface area (Å²) in [4.78, 5) is 11.0. The highest BCUT2D eigenvalue weighted by atomic mass is 79.9. The standard InChI is InChI=1S/C10H10BrFO2/c1-3-14-10-8(11)5-4-7(6(2)13)9(10)12/h4-5H,3H2,1-2H3. The van der Waals surface area contributed by atoms with Crippen LogP contribution in [0.1, 0.15) is 24.2 Å². The number of hydrogen-bond acceptors (Lipinski definition) is 2. The van der Waals surface area contributed by atoms with Crippen molar-refractivity contribution in [3.63, 3.8) is 0 Å². The third-order valence-corrected chi connectivity index (χ3v) is 2.34. The topological polar surface area (TPSA) is 26.3 Å². The highest BCUT2D eigenvalue weighted by Crippen LogP contribution is 2.30. The van der Waals surface area contributed by atoms with Gasteiger partial charge in [-0.1, -0.05) is 0 Å². The Morgan fingerprint density at radius 1 is 1.57 bits per heavy atom. The molecule has 0 aliphatic carbocycles. The third-order valence-electron chi connectivity index (χ3n) is 1.72. The molecule has 0 aromatic heterocycles. The normalized spacial score (nSPS) is 10.0. The lowest BCUT2D eigenvalue weighted by Crippen LogP contribution is -2.02. The third kappa shape index (κ3) is 2.12. The monoisotopic (exact) mass is 260 g/mol. The van der Waals surface area contributed by atoms with Crippen molar-refractivity contribution >= 4 is 21.7 Å². The quantitative estimate of drug-likeness (QED) is 0.781. The molecular formula is C10H10BrFO2. The summed E-state index contributed by atoms with van der Waals surface area (Å²) in [5, 5.41) is 0. The zero-order valence-electron chi connectivity index (χ0n) is 7.93. The van der Waals surface area contributed by atoms with Crippen molar-refractivity contribution in [1.82, 2.24) is 0 Å². The predicted molar refractivity (Wildman–Crippen MR) is 55.3 cm³/mol. The van der Waals surface area contributed by atoms with Gasteiger partial charge in [-0.3, -0.25) is 4.79 Å². The molecule has 0 fully saturated rings. The summed E-state index contributed by atoms with van der Waals surface area (Å²) in [7, 11) is 0. The minimum atomic E-state index is -0.603. The molecule has 0 aliphatic rings. The first-order valence-electron chi connectivity index (χ1n) is 4.19. The van der Waals surface area contributed by atoms with Crippen LogP contribution in [0.15, 0.2) is 16.6 Å². The van der Waals surface area contributed by atoms with E-state index in [4.69, 9.17) is 4.74 Å². The number of hydrogen-bond donors (Lipinski definition) is 0. The van der Waals surface area contributed by atoms with Crippen LogP contribution in [0.25, 0.3) is 0 Å². The van der Waals surface area contributed by atoms with Crippen LogP contribution in [-0.4, -0.2) is 12.4 Å². The van der Waals surface area contributed by atoms with E-state index < -0.39 is 5.82 Å². The largest absolute Gasteiger partial charge is 0.490 e. The second-order valence-electron chi connectivity index (χ2n) is 2.73. The fraction of sp³-hybridized carbons (Fsp3) is 0.300. The number of ketones is 1. The van der Waals surface area contributed by atoms with E-state index in [-0.39, 0.29) is 17.1 Å². The van der Waals surface area contributed by atoms with Crippen LogP contribution in [-0.2, 0) is 0 Å². The average Bonchev–Trinajstić information content (AvgIpc) is 2.11. The molecule has 2 nitrogen and oxygen atoms in total. The van der Waals surface area contributed by atoms with Crippen LogP contribution < -0.4 is 4.74 Å². The summed E-state index contributed by atoms with van der Waals surface area (Å²) in [5.41, 5.74) is 0.0525. The minimum Gasteiger partial charge on any atom is -0.490 e. The Balaban J connectivity index is 3.26. The molecule has 1 aromatic rings. The molecule has 0 radical (unpaired) electrons. The molecule has 76 valence electrons. The van der Waals surface area contributed by atoms with Gasteiger partial charge in [-0.05, 0) is 41.9 Å². The molecular weight excluding hydrogens is 251 g/mol. The van der Waals surface area contributed by atoms with Crippen molar-refractivity contribution < 1.29 is 13.9 Å². The Morgan fingerprint density at radius 2 is 2.21 bits per heavy atom. The maximum absolute atomic E-state index is 13.6. The SMILES string of the molecule is CCOc1c(Br)ccc(C(C)=O)c1F. The van der Waals surface area contributed by atoms with Gasteiger partial charge in [-0.25, -0.2) is 4.39 Å². The first-order chi connectivity index (χ1) is 6.57. The van der Waals surface area contributed by atoms with Crippen molar-refractivity contribution in [3.05, 3.63) is 28.0 Å². The number of Topliss-reactive ketones (excluding diaryl/α,β-unsaturated/α-hetero) is 1. The van der Waals surface area contributed by atoms with E-state index in [9.17, 15) is 9.18 Å². The summed E-state index contributed by atoms with van der Waals surface area (Å²) >= 11 is 3.16. The van der Waals surface area contributed by atoms with E-state index in [1.54, 1.807) is 13.0 Å². The van der Waals surface area contributed by atoms with Crippen molar-refractivity contribution in [3.8, 4) is 5.75 Å². The molecule has 0 saturated heterocycles. The van der Waals surface area contributed by atoms with E-state index in [0.29, 0.717) is 11.1 Å². The number of benzene rings is 1. The van der Waals surface area contributed by atoms with E-state index in [1.807, 2.05) is 0 Å². The van der Waals surface area contributed by atoms with E-state index >= 15 is 0 Å². The highest BCUT2D eigenvalue weighted by Gasteiger charge is 2.15. The number of rotatable bonds is 3. The second kappa shape index (κ2) is 4.55. The van der Waals surface area contributed by atoms with Gasteiger partial charge in [-0.2, -0.15) is 0 Å². The van der Waals surface area contributed by atoms with E-state index in [2.05, 4.69) is 15.9 Å². The summed E-state index contributed by atoms with van der Waals surface area (Å²) < 4.78 is 19.2. The zero-order valence-corrected chi connectivity index (χ0v) is 9.52. The van der Waals surface area contributed by atoms with Crippen LogP contribution in [0, 0.1) is 5.82 Å². The number of halogens is 2. The minimum absolute atomic E-state index is 0.0525. The van der Waals surface area contributed by atoms with Crippen LogP contribution >= 0.6 is 15.9 Å². The van der Waals surface area contributed by atoms with Gasteiger partial charge in [0.15, 0.2) is 17.3 Å². The van der Waals surface area contributed by atoms with Gasteiger partial charge in [0.05, 0.1) is 16.6 Å². The fourth-order valence-corrected chi connectivity index (χ4v) is 1.50. The molecule has 0 aliphatic heterocycles. The molecule has 1 rings (SSSR count). The summed E-state index contributed by atoms with van der Waals surface area (Å²) in [6, 6.07) is 3.04. The van der Waals surface area contributed by atoms with Gasteiger partial charge in [-0.15, -0.1) is 0 Å². The van der Waals surface area contributed by atoms with Crippen LogP contribution in [0.2, 0.25) is 0 Å². The van der Waals surface area contributed by atoms with Gasteiger partial charge < -0.3 is 4.74 Å². The molecule has 0 amide bonds. The number of carbonyl (C=O) groups is 1. The Morgan fingerprint density at radius 3 is 2.71 bits per heavy atom. The van der Waals surface area contributed by atoms with Crippen LogP contribution in [0.4, 0.5) is 4.39 Å². The Labute approximate surface area is 90.2 Å². The van der Waals surface area contributed by atoms with Crippen molar-refractivity contribution in [2.75, 3.05) is 6.61 Å². The number of carbonyl (C=O) groups excluding carboxylic acids is 1. The van der Waals surface area contributed by atoms with Gasteiger partial charge >= 0.3 is 0 Å². The Kier molecular flexibility index (Phi) is 3.63. The van der Waals surface area contributed by atoms with Gasteiger partial charge in [0.25, 0.3) is 0 Å². The molecule has 0 heterocycles. The van der Waals surface area contributed by atoms with E-state index in [0.717, 1.165) is 0 Å². The second-order valence-corrected chi connectivity index (χ2v) is 3.58. The van der Waals surface area contributed by atoms with Crippen LogP contribution in [0.5, 0.6) is 5.75 Å². The van der Waals surface area contributed by atoms with Gasteiger partial charge in [0.2, 0.25) is 0 Å². The zero-order chi connectivity index (χ0) is 10.7. The fourth-order valence-electron chi connectivity index (χ4n) is 1.08. The Hall–Kier alpha value is -0.900. The van der Waals surface area contributed by atoms with E-state index in [1.165, 1.54) is 13.0 Å². The molecule has 0 bridgehead atoms. The summed E-state index contributed by atoms with van der Waals surface area (Å²) in [6.07, 6.45) is 0. The summed E-state index contributed by atoms with van der Waals surface area (Å²) in [6.45, 7) is 3.44. The maximum atomic E-state index is 13.6. The molecule has 0 spiro atoms. The molecule has 0 N–H and O–H groups in total. The first-order valence-corrected chi connectivity index (χ1v) is 4.99. The lowest BCUT2D eigenvalue weighted by molar-refractivity contribution is 0.101. The molecule has 0 unspecified atom stereocenters. The first kappa shape index (κ1) is 11.2. The summed E-state index contributed by atoms with van der Waals surface area (Å²) in [5.74, 6) is -0.815. The molecule has 14 heavy (non-hydrogen) atoms. The van der Waals surface area contributed by atoms with Crippen molar-refractivity contribution in [1.29, 1.82) is 0 Å². The Bertz CT molecular complexity index is 363. The molecule has 0 atom stereocenters. The van der Waals surface area contributed by atoms with Crippen molar-refractivity contribution in [2.24, 2.45) is 0 Å². The smallest absolute Gasteiger partial charge is 0.177 e. The van der Waals surface area contributed by atoms with Crippen LogP contribution in [0.3, 0.4) is 0 Å². The average molecular weight is 261 g/mol. The molecule has 4 heteroatoms. The molecule has 1 aromatic carbocycles.